The Balaban J connectivity index is 2.03. The molecule has 1 unspecified atom stereocenters. The van der Waals surface area contributed by atoms with Gasteiger partial charge in [0, 0.05) is 11.6 Å². The summed E-state index contributed by atoms with van der Waals surface area (Å²) in [5.74, 6) is -0.652. The second kappa shape index (κ2) is 5.27. The van der Waals surface area contributed by atoms with Crippen molar-refractivity contribution >= 4 is 23.7 Å². The molecule has 5 nitrogen and oxygen atoms in total. The Morgan fingerprint density at radius 2 is 2.00 bits per heavy atom. The van der Waals surface area contributed by atoms with Crippen molar-refractivity contribution in [3.63, 3.8) is 0 Å². The molecular weight excluding hydrogens is 258 g/mol. The molecule has 1 fully saturated rings. The van der Waals surface area contributed by atoms with Crippen molar-refractivity contribution in [3.05, 3.63) is 29.3 Å². The van der Waals surface area contributed by atoms with Crippen LogP contribution in [0.5, 0.6) is 5.75 Å². The molecule has 1 aromatic rings. The van der Waals surface area contributed by atoms with Crippen LogP contribution in [0.4, 0.5) is 4.79 Å². The molecule has 0 saturated carbocycles. The van der Waals surface area contributed by atoms with E-state index in [1.807, 2.05) is 0 Å². The maximum absolute atomic E-state index is 11.8. The first kappa shape index (κ1) is 12.7. The number of benzene rings is 1. The zero-order valence-electron chi connectivity index (χ0n) is 9.51. The summed E-state index contributed by atoms with van der Waals surface area (Å²) in [4.78, 5) is 24.0. The largest absolute Gasteiger partial charge is 0.480 e. The molecule has 1 aromatic carbocycles. The quantitative estimate of drug-likeness (QED) is 0.895. The molecule has 0 radical (unpaired) electrons. The van der Waals surface area contributed by atoms with Crippen LogP contribution in [0.3, 0.4) is 0 Å². The molecule has 0 bridgehead atoms. The first-order valence-electron chi connectivity index (χ1n) is 5.55. The lowest BCUT2D eigenvalue weighted by atomic mass is 10.2. The van der Waals surface area contributed by atoms with Gasteiger partial charge in [0.05, 0.1) is 0 Å². The lowest BCUT2D eigenvalue weighted by molar-refractivity contribution is -0.141. The highest BCUT2D eigenvalue weighted by Crippen LogP contribution is 2.21. The van der Waals surface area contributed by atoms with Crippen molar-refractivity contribution in [3.8, 4) is 5.75 Å². The Morgan fingerprint density at radius 3 is 2.61 bits per heavy atom. The highest BCUT2D eigenvalue weighted by molar-refractivity contribution is 6.30. The van der Waals surface area contributed by atoms with Gasteiger partial charge in [0.1, 0.15) is 11.8 Å². The molecule has 1 N–H and O–H groups in total. The molecule has 18 heavy (non-hydrogen) atoms. The maximum Gasteiger partial charge on any atom is 0.415 e. The molecule has 1 heterocycles. The summed E-state index contributed by atoms with van der Waals surface area (Å²) in [6, 6.07) is 5.54. The average Bonchev–Trinajstić information content (AvgIpc) is 2.81. The standard InChI is InChI=1S/C12H12ClNO4/c13-8-3-5-9(6-4-8)18-12(17)14-7-1-2-10(14)11(15)16/h3-6,10H,1-2,7H2,(H,15,16). The molecular formula is C12H12ClNO4. The van der Waals surface area contributed by atoms with Crippen LogP contribution in [0.25, 0.3) is 0 Å². The van der Waals surface area contributed by atoms with E-state index in [1.54, 1.807) is 24.3 Å². The van der Waals surface area contributed by atoms with Crippen molar-refractivity contribution in [2.24, 2.45) is 0 Å². The number of carbonyl (C=O) groups excluding carboxylic acids is 1. The lowest BCUT2D eigenvalue weighted by Crippen LogP contribution is -2.41. The van der Waals surface area contributed by atoms with Crippen LogP contribution in [0.15, 0.2) is 24.3 Å². The first-order valence-corrected chi connectivity index (χ1v) is 5.92. The van der Waals surface area contributed by atoms with Crippen LogP contribution in [0, 0.1) is 0 Å². The Hall–Kier alpha value is -1.75. The molecule has 0 aromatic heterocycles. The normalized spacial score (nSPS) is 18.7. The minimum Gasteiger partial charge on any atom is -0.480 e. The van der Waals surface area contributed by atoms with E-state index in [1.165, 1.54) is 4.90 Å². The van der Waals surface area contributed by atoms with Gasteiger partial charge in [0.2, 0.25) is 0 Å². The molecule has 1 saturated heterocycles. The topological polar surface area (TPSA) is 66.8 Å². The van der Waals surface area contributed by atoms with Crippen LogP contribution in [-0.4, -0.2) is 34.7 Å². The zero-order valence-corrected chi connectivity index (χ0v) is 10.3. The lowest BCUT2D eigenvalue weighted by Gasteiger charge is -2.20. The monoisotopic (exact) mass is 269 g/mol. The van der Waals surface area contributed by atoms with Crippen molar-refractivity contribution in [2.45, 2.75) is 18.9 Å². The number of nitrogens with zero attached hydrogens (tertiary/aromatic N) is 1. The van der Waals surface area contributed by atoms with Gasteiger partial charge < -0.3 is 9.84 Å². The highest BCUT2D eigenvalue weighted by Gasteiger charge is 2.35. The number of ether oxygens (including phenoxy) is 1. The van der Waals surface area contributed by atoms with Crippen LogP contribution < -0.4 is 4.74 Å². The van der Waals surface area contributed by atoms with Gasteiger partial charge >= 0.3 is 12.1 Å². The maximum atomic E-state index is 11.8. The summed E-state index contributed by atoms with van der Waals surface area (Å²) in [6.07, 6.45) is 0.500. The first-order chi connectivity index (χ1) is 8.58. The molecule has 2 rings (SSSR count). The van der Waals surface area contributed by atoms with E-state index in [0.717, 1.165) is 0 Å². The third-order valence-corrected chi connectivity index (χ3v) is 3.04. The number of halogens is 1. The molecule has 1 amide bonds. The number of carbonyl (C=O) groups is 2. The number of amides is 1. The molecule has 6 heteroatoms. The van der Waals surface area contributed by atoms with E-state index < -0.39 is 18.1 Å². The zero-order chi connectivity index (χ0) is 13.1. The fourth-order valence-corrected chi connectivity index (χ4v) is 2.03. The number of hydrogen-bond donors (Lipinski definition) is 1. The number of likely N-dealkylation sites (tertiary alicyclic amines) is 1. The average molecular weight is 270 g/mol. The van der Waals surface area contributed by atoms with Crippen molar-refractivity contribution < 1.29 is 19.4 Å². The van der Waals surface area contributed by atoms with Crippen molar-refractivity contribution in [1.82, 2.24) is 4.90 Å². The number of hydrogen-bond acceptors (Lipinski definition) is 3. The van der Waals surface area contributed by atoms with Crippen LogP contribution in [-0.2, 0) is 4.79 Å². The van der Waals surface area contributed by atoms with Gasteiger partial charge in [-0.15, -0.1) is 0 Å². The van der Waals surface area contributed by atoms with Crippen LogP contribution in [0.2, 0.25) is 5.02 Å². The van der Waals surface area contributed by atoms with Gasteiger partial charge in [-0.1, -0.05) is 11.6 Å². The van der Waals surface area contributed by atoms with Crippen LogP contribution >= 0.6 is 11.6 Å². The second-order valence-electron chi connectivity index (χ2n) is 4.01. The van der Waals surface area contributed by atoms with E-state index >= 15 is 0 Å². The fourth-order valence-electron chi connectivity index (χ4n) is 1.90. The summed E-state index contributed by atoms with van der Waals surface area (Å²) in [6.45, 7) is 0.406. The van der Waals surface area contributed by atoms with E-state index in [4.69, 9.17) is 21.4 Å². The number of carboxylic acids is 1. The van der Waals surface area contributed by atoms with E-state index in [9.17, 15) is 9.59 Å². The molecule has 96 valence electrons. The summed E-state index contributed by atoms with van der Waals surface area (Å²) < 4.78 is 5.10. The predicted molar refractivity (Wildman–Crippen MR) is 64.8 cm³/mol. The minimum absolute atomic E-state index is 0.348. The third kappa shape index (κ3) is 2.73. The highest BCUT2D eigenvalue weighted by atomic mass is 35.5. The predicted octanol–water partition coefficient (Wildman–Crippen LogP) is 2.39. The smallest absolute Gasteiger partial charge is 0.415 e. The Bertz CT molecular complexity index is 460. The Morgan fingerprint density at radius 1 is 1.33 bits per heavy atom. The second-order valence-corrected chi connectivity index (χ2v) is 4.45. The molecule has 0 spiro atoms. The Kier molecular flexibility index (Phi) is 3.72. The van der Waals surface area contributed by atoms with Gasteiger partial charge in [0.25, 0.3) is 0 Å². The minimum atomic E-state index is -0.999. The Labute approximate surface area is 109 Å². The van der Waals surface area contributed by atoms with Gasteiger partial charge in [-0.05, 0) is 37.1 Å². The van der Waals surface area contributed by atoms with E-state index in [-0.39, 0.29) is 0 Å². The van der Waals surface area contributed by atoms with Gasteiger partial charge in [0.15, 0.2) is 0 Å². The fraction of sp³-hybridized carbons (Fsp3) is 0.333. The summed E-state index contributed by atoms with van der Waals surface area (Å²) >= 11 is 5.71. The van der Waals surface area contributed by atoms with Crippen molar-refractivity contribution in [2.75, 3.05) is 6.54 Å². The number of carboxylic acid groups (broad SMARTS) is 1. The molecule has 1 atom stereocenters. The third-order valence-electron chi connectivity index (χ3n) is 2.79. The van der Waals surface area contributed by atoms with Gasteiger partial charge in [-0.25, -0.2) is 9.59 Å². The summed E-state index contributed by atoms with van der Waals surface area (Å²) in [7, 11) is 0. The molecule has 1 aliphatic heterocycles. The van der Waals surface area contributed by atoms with E-state index in [0.29, 0.717) is 30.2 Å². The van der Waals surface area contributed by atoms with Crippen molar-refractivity contribution in [1.29, 1.82) is 0 Å². The number of aliphatic carboxylic acids is 1. The summed E-state index contributed by atoms with van der Waals surface area (Å²) in [5.41, 5.74) is 0. The van der Waals surface area contributed by atoms with Gasteiger partial charge in [-0.3, -0.25) is 4.90 Å². The van der Waals surface area contributed by atoms with E-state index in [2.05, 4.69) is 0 Å². The number of rotatable bonds is 2. The summed E-state index contributed by atoms with van der Waals surface area (Å²) in [5, 5.41) is 9.51. The SMILES string of the molecule is O=C(O)C1CCCN1C(=O)Oc1ccc(Cl)cc1. The van der Waals surface area contributed by atoms with Gasteiger partial charge in [-0.2, -0.15) is 0 Å². The molecule has 0 aliphatic carbocycles. The molecule has 1 aliphatic rings. The van der Waals surface area contributed by atoms with Crippen LogP contribution in [0.1, 0.15) is 12.8 Å².